The second-order valence-electron chi connectivity index (χ2n) is 5.57. The molecule has 1 aromatic rings. The fourth-order valence-electron chi connectivity index (χ4n) is 2.73. The van der Waals surface area contributed by atoms with Crippen molar-refractivity contribution in [3.63, 3.8) is 0 Å². The van der Waals surface area contributed by atoms with Crippen LogP contribution in [0.2, 0.25) is 0 Å². The molecule has 1 fully saturated rings. The van der Waals surface area contributed by atoms with Gasteiger partial charge < -0.3 is 10.1 Å². The molecule has 20 heavy (non-hydrogen) atoms. The minimum atomic E-state index is -0.529. The minimum absolute atomic E-state index is 0.0707. The van der Waals surface area contributed by atoms with E-state index < -0.39 is 6.04 Å². The zero-order valence-electron chi connectivity index (χ0n) is 12.0. The van der Waals surface area contributed by atoms with E-state index in [1.165, 1.54) is 5.56 Å². The Morgan fingerprint density at radius 2 is 2.10 bits per heavy atom. The maximum Gasteiger partial charge on any atom is 0.329 e. The predicted molar refractivity (Wildman–Crippen MR) is 76.1 cm³/mol. The first kappa shape index (κ1) is 14.6. The molecular weight excluding hydrogens is 254 g/mol. The van der Waals surface area contributed by atoms with Gasteiger partial charge in [-0.05, 0) is 25.3 Å². The van der Waals surface area contributed by atoms with Gasteiger partial charge in [0, 0.05) is 11.8 Å². The summed E-state index contributed by atoms with van der Waals surface area (Å²) in [4.78, 5) is 23.7. The number of nitrogens with one attached hydrogen (secondary N) is 1. The van der Waals surface area contributed by atoms with Crippen LogP contribution >= 0.6 is 0 Å². The van der Waals surface area contributed by atoms with Gasteiger partial charge in [-0.1, -0.05) is 37.3 Å². The Kier molecular flexibility index (Phi) is 4.42. The van der Waals surface area contributed by atoms with Gasteiger partial charge in [0.25, 0.3) is 0 Å². The van der Waals surface area contributed by atoms with Crippen molar-refractivity contribution >= 4 is 11.9 Å². The second kappa shape index (κ2) is 6.07. The van der Waals surface area contributed by atoms with E-state index in [0.717, 1.165) is 12.8 Å². The smallest absolute Gasteiger partial charge is 0.329 e. The summed E-state index contributed by atoms with van der Waals surface area (Å²) in [5.41, 5.74) is 0.842. The van der Waals surface area contributed by atoms with E-state index in [1.807, 2.05) is 25.1 Å². The van der Waals surface area contributed by atoms with Crippen molar-refractivity contribution in [3.8, 4) is 0 Å². The lowest BCUT2D eigenvalue weighted by Crippen LogP contribution is -2.43. The summed E-state index contributed by atoms with van der Waals surface area (Å²) in [6.45, 7) is 4.09. The van der Waals surface area contributed by atoms with Crippen LogP contribution in [0.4, 0.5) is 0 Å². The highest BCUT2D eigenvalue weighted by atomic mass is 16.5. The maximum atomic E-state index is 12.0. The van der Waals surface area contributed by atoms with E-state index >= 15 is 0 Å². The van der Waals surface area contributed by atoms with Crippen molar-refractivity contribution < 1.29 is 14.3 Å². The van der Waals surface area contributed by atoms with E-state index in [4.69, 9.17) is 4.74 Å². The van der Waals surface area contributed by atoms with Crippen LogP contribution in [0.5, 0.6) is 0 Å². The molecule has 4 nitrogen and oxygen atoms in total. The van der Waals surface area contributed by atoms with Crippen molar-refractivity contribution in [1.29, 1.82) is 0 Å². The highest BCUT2D eigenvalue weighted by molar-refractivity contribution is 5.89. The zero-order valence-corrected chi connectivity index (χ0v) is 12.0. The Labute approximate surface area is 119 Å². The molecule has 1 aliphatic heterocycles. The van der Waals surface area contributed by atoms with E-state index in [2.05, 4.69) is 17.4 Å². The lowest BCUT2D eigenvalue weighted by Gasteiger charge is -2.28. The third kappa shape index (κ3) is 3.18. The molecule has 0 bridgehead atoms. The number of rotatable bonds is 5. The highest BCUT2D eigenvalue weighted by Crippen LogP contribution is 2.36. The maximum absolute atomic E-state index is 12.0. The number of hydrogen-bond acceptors (Lipinski definition) is 3. The molecule has 1 N–H and O–H groups in total. The molecule has 2 rings (SSSR count). The Balaban J connectivity index is 2.06. The largest absolute Gasteiger partial charge is 0.464 e. The van der Waals surface area contributed by atoms with Crippen LogP contribution in [0.3, 0.4) is 0 Å². The number of ether oxygens (including phenoxy) is 1. The topological polar surface area (TPSA) is 55.4 Å². The van der Waals surface area contributed by atoms with Gasteiger partial charge >= 0.3 is 5.97 Å². The number of amides is 1. The number of hydrogen-bond donors (Lipinski definition) is 1. The molecule has 0 spiro atoms. The van der Waals surface area contributed by atoms with Crippen molar-refractivity contribution in [1.82, 2.24) is 5.32 Å². The Morgan fingerprint density at radius 1 is 1.40 bits per heavy atom. The molecule has 0 radical (unpaired) electrons. The number of aryl methyl sites for hydroxylation is 1. The number of carbonyl (C=O) groups is 2. The lowest BCUT2D eigenvalue weighted by molar-refractivity contribution is -0.148. The molecule has 1 heterocycles. The third-order valence-corrected chi connectivity index (χ3v) is 3.92. The van der Waals surface area contributed by atoms with Crippen molar-refractivity contribution in [2.75, 3.05) is 6.61 Å². The zero-order chi connectivity index (χ0) is 14.6. The van der Waals surface area contributed by atoms with E-state index in [-0.39, 0.29) is 17.3 Å². The summed E-state index contributed by atoms with van der Waals surface area (Å²) in [5.74, 6) is -0.396. The monoisotopic (exact) mass is 275 g/mol. The van der Waals surface area contributed by atoms with Crippen LogP contribution in [0.15, 0.2) is 30.3 Å². The highest BCUT2D eigenvalue weighted by Gasteiger charge is 2.47. The van der Waals surface area contributed by atoms with Gasteiger partial charge in [0.2, 0.25) is 5.91 Å². The van der Waals surface area contributed by atoms with Crippen LogP contribution < -0.4 is 5.32 Å². The summed E-state index contributed by atoms with van der Waals surface area (Å²) < 4.78 is 5.07. The Bertz CT molecular complexity index is 486. The van der Waals surface area contributed by atoms with Crippen LogP contribution in [-0.4, -0.2) is 24.5 Å². The summed E-state index contributed by atoms with van der Waals surface area (Å²) in [7, 11) is 0. The van der Waals surface area contributed by atoms with Crippen molar-refractivity contribution in [3.05, 3.63) is 35.9 Å². The standard InChI is InChI=1S/C16H21NO3/c1-3-20-15(19)14-16(2,11-13(18)17-14)10-9-12-7-5-4-6-8-12/h4-8,14H,3,9-11H2,1-2H3,(H,17,18). The molecule has 1 amide bonds. The first-order valence-corrected chi connectivity index (χ1v) is 7.05. The summed E-state index contributed by atoms with van der Waals surface area (Å²) in [5, 5.41) is 2.75. The molecular formula is C16H21NO3. The first-order chi connectivity index (χ1) is 9.55. The van der Waals surface area contributed by atoms with E-state index in [1.54, 1.807) is 6.92 Å². The quantitative estimate of drug-likeness (QED) is 0.837. The van der Waals surface area contributed by atoms with E-state index in [9.17, 15) is 9.59 Å². The minimum Gasteiger partial charge on any atom is -0.464 e. The predicted octanol–water partition coefficient (Wildman–Crippen LogP) is 2.08. The number of benzene rings is 1. The molecule has 2 unspecified atom stereocenters. The summed E-state index contributed by atoms with van der Waals surface area (Å²) in [6, 6.07) is 9.57. The molecule has 108 valence electrons. The van der Waals surface area contributed by atoms with Crippen LogP contribution in [0.25, 0.3) is 0 Å². The van der Waals surface area contributed by atoms with Gasteiger partial charge in [0.05, 0.1) is 6.61 Å². The fraction of sp³-hybridized carbons (Fsp3) is 0.500. The first-order valence-electron chi connectivity index (χ1n) is 7.05. The van der Waals surface area contributed by atoms with Gasteiger partial charge in [0.15, 0.2) is 0 Å². The second-order valence-corrected chi connectivity index (χ2v) is 5.57. The van der Waals surface area contributed by atoms with Crippen molar-refractivity contribution in [2.24, 2.45) is 5.41 Å². The third-order valence-electron chi connectivity index (χ3n) is 3.92. The number of esters is 1. The molecule has 1 aromatic carbocycles. The molecule has 0 saturated carbocycles. The fourth-order valence-corrected chi connectivity index (χ4v) is 2.73. The van der Waals surface area contributed by atoms with Gasteiger partial charge in [-0.2, -0.15) is 0 Å². The van der Waals surface area contributed by atoms with Gasteiger partial charge in [0.1, 0.15) is 6.04 Å². The Morgan fingerprint density at radius 3 is 2.75 bits per heavy atom. The van der Waals surface area contributed by atoms with Crippen LogP contribution in [0, 0.1) is 5.41 Å². The average Bonchev–Trinajstić information content (AvgIpc) is 2.74. The normalized spacial score (nSPS) is 25.3. The lowest BCUT2D eigenvalue weighted by atomic mass is 9.77. The van der Waals surface area contributed by atoms with Crippen molar-refractivity contribution in [2.45, 2.75) is 39.2 Å². The van der Waals surface area contributed by atoms with Gasteiger partial charge in [-0.25, -0.2) is 4.79 Å². The summed E-state index contributed by atoms with van der Waals surface area (Å²) in [6.07, 6.45) is 2.00. The average molecular weight is 275 g/mol. The number of carbonyl (C=O) groups excluding carboxylic acids is 2. The van der Waals surface area contributed by atoms with Gasteiger partial charge in [-0.15, -0.1) is 0 Å². The molecule has 1 saturated heterocycles. The molecule has 0 aliphatic carbocycles. The van der Waals surface area contributed by atoms with E-state index in [0.29, 0.717) is 13.0 Å². The van der Waals surface area contributed by atoms with Gasteiger partial charge in [-0.3, -0.25) is 4.79 Å². The SMILES string of the molecule is CCOC(=O)C1NC(=O)CC1(C)CCc1ccccc1. The molecule has 1 aliphatic rings. The molecule has 0 aromatic heterocycles. The molecule has 2 atom stereocenters. The molecule has 4 heteroatoms. The Hall–Kier alpha value is -1.84. The van der Waals surface area contributed by atoms with Crippen LogP contribution in [0.1, 0.15) is 32.3 Å². The summed E-state index contributed by atoms with van der Waals surface area (Å²) >= 11 is 0. The van der Waals surface area contributed by atoms with Crippen LogP contribution in [-0.2, 0) is 20.7 Å².